The molecule has 0 radical (unpaired) electrons. The molecule has 0 aliphatic carbocycles. The van der Waals surface area contributed by atoms with Crippen LogP contribution in [0.5, 0.6) is 5.75 Å². The van der Waals surface area contributed by atoms with Gasteiger partial charge in [-0.1, -0.05) is 72.8 Å². The number of rotatable bonds is 9. The van der Waals surface area contributed by atoms with Crippen LogP contribution < -0.4 is 27.0 Å². The Morgan fingerprint density at radius 1 is 0.919 bits per heavy atom. The van der Waals surface area contributed by atoms with Gasteiger partial charge in [-0.2, -0.15) is 0 Å². The van der Waals surface area contributed by atoms with Crippen LogP contribution in [0.3, 0.4) is 0 Å². The van der Waals surface area contributed by atoms with Crippen LogP contribution in [0, 0.1) is 5.92 Å². The van der Waals surface area contributed by atoms with Gasteiger partial charge in [0.2, 0.25) is 5.78 Å². The second-order valence-corrected chi connectivity index (χ2v) is 9.92. The smallest absolute Gasteiger partial charge is 0.333 e. The summed E-state index contributed by atoms with van der Waals surface area (Å²) in [4.78, 5) is 26.7. The van der Waals surface area contributed by atoms with E-state index in [1.165, 1.54) is 0 Å². The SMILES string of the molecule is COc1ccccc1NC(C(=O)O[C@H]1C[N+]2(CC(=O)c3ccccc3)CCC1CC2)c1ccccc1.[Br-]. The summed E-state index contributed by atoms with van der Waals surface area (Å²) in [5.74, 6) is 0.848. The molecule has 1 N–H and O–H groups in total. The summed E-state index contributed by atoms with van der Waals surface area (Å²) in [7, 11) is 1.61. The number of Topliss-reactive ketones (excluding diaryl/α,β-unsaturated/α-hetero) is 1. The summed E-state index contributed by atoms with van der Waals surface area (Å²) in [6.07, 6.45) is 1.74. The third kappa shape index (κ3) is 6.05. The third-order valence-electron chi connectivity index (χ3n) is 7.66. The van der Waals surface area contributed by atoms with Crippen LogP contribution in [0.4, 0.5) is 5.69 Å². The van der Waals surface area contributed by atoms with Crippen LogP contribution in [-0.2, 0) is 9.53 Å². The highest BCUT2D eigenvalue weighted by atomic mass is 79.9. The average molecular weight is 566 g/mol. The fourth-order valence-corrected chi connectivity index (χ4v) is 5.66. The van der Waals surface area contributed by atoms with Gasteiger partial charge in [0, 0.05) is 24.3 Å². The number of ether oxygens (including phenoxy) is 2. The third-order valence-corrected chi connectivity index (χ3v) is 7.66. The van der Waals surface area contributed by atoms with Crippen molar-refractivity contribution in [3.63, 3.8) is 0 Å². The molecule has 3 heterocycles. The van der Waals surface area contributed by atoms with Crippen molar-refractivity contribution >= 4 is 17.4 Å². The molecule has 3 saturated heterocycles. The molecule has 3 aromatic carbocycles. The molecule has 3 aliphatic rings. The largest absolute Gasteiger partial charge is 1.00 e. The molecule has 194 valence electrons. The lowest BCUT2D eigenvalue weighted by atomic mass is 9.82. The number of nitrogens with zero attached hydrogens (tertiary/aromatic N) is 1. The lowest BCUT2D eigenvalue weighted by Crippen LogP contribution is -3.00. The Balaban J connectivity index is 0.00000320. The first-order valence-electron chi connectivity index (χ1n) is 12.7. The van der Waals surface area contributed by atoms with E-state index in [9.17, 15) is 9.59 Å². The lowest BCUT2D eigenvalue weighted by Gasteiger charge is -2.51. The Kier molecular flexibility index (Phi) is 8.67. The first-order chi connectivity index (χ1) is 17.6. The zero-order valence-corrected chi connectivity index (χ0v) is 22.6. The molecule has 0 amide bonds. The molecule has 6 nitrogen and oxygen atoms in total. The molecule has 2 atom stereocenters. The number of hydrogen-bond donors (Lipinski definition) is 1. The fourth-order valence-electron chi connectivity index (χ4n) is 5.66. The molecular formula is C30H33BrN2O4. The highest BCUT2D eigenvalue weighted by molar-refractivity contribution is 5.97. The number of fused-ring (bicyclic) bond motifs is 3. The van der Waals surface area contributed by atoms with E-state index in [0.717, 1.165) is 42.7 Å². The summed E-state index contributed by atoms with van der Waals surface area (Å²) < 4.78 is 12.4. The van der Waals surface area contributed by atoms with Crippen molar-refractivity contribution in [1.82, 2.24) is 0 Å². The van der Waals surface area contributed by atoms with Crippen molar-refractivity contribution in [3.05, 3.63) is 96.1 Å². The molecule has 2 bridgehead atoms. The van der Waals surface area contributed by atoms with Gasteiger partial charge in [-0.25, -0.2) is 4.79 Å². The number of esters is 1. The zero-order chi connectivity index (χ0) is 25.0. The van der Waals surface area contributed by atoms with Gasteiger partial charge in [-0.3, -0.25) is 4.79 Å². The van der Waals surface area contributed by atoms with Crippen molar-refractivity contribution in [2.45, 2.75) is 25.0 Å². The average Bonchev–Trinajstić information content (AvgIpc) is 2.93. The van der Waals surface area contributed by atoms with E-state index in [0.29, 0.717) is 29.2 Å². The standard InChI is InChI=1S/C30H33N2O4.BrH/c1-35-27-15-9-8-14-25(27)31-29(24-12-6-3-7-13-24)30(34)36-28-21-32(18-16-23(28)17-19-32)20-26(33)22-10-4-2-5-11-22;/h2-15,23,28-29,31H,16-21H2,1H3;1H/q+1;/p-1/t23?,28-,29?,32?;/m0./s1. The first-order valence-corrected chi connectivity index (χ1v) is 12.7. The van der Waals surface area contributed by atoms with Crippen molar-refractivity contribution in [2.24, 2.45) is 5.92 Å². The quantitative estimate of drug-likeness (QED) is 0.244. The number of benzene rings is 3. The van der Waals surface area contributed by atoms with E-state index in [4.69, 9.17) is 9.47 Å². The maximum atomic E-state index is 13.6. The lowest BCUT2D eigenvalue weighted by molar-refractivity contribution is -0.938. The van der Waals surface area contributed by atoms with Gasteiger partial charge < -0.3 is 36.3 Å². The van der Waals surface area contributed by atoms with E-state index in [1.807, 2.05) is 84.9 Å². The number of methoxy groups -OCH3 is 1. The van der Waals surface area contributed by atoms with Crippen LogP contribution in [-0.4, -0.2) is 55.6 Å². The fraction of sp³-hybridized carbons (Fsp3) is 0.333. The number of hydrogen-bond acceptors (Lipinski definition) is 5. The van der Waals surface area contributed by atoms with Crippen molar-refractivity contribution in [3.8, 4) is 5.75 Å². The number of quaternary nitrogens is 1. The monoisotopic (exact) mass is 564 g/mol. The Morgan fingerprint density at radius 3 is 2.22 bits per heavy atom. The Labute approximate surface area is 228 Å². The summed E-state index contributed by atoms with van der Waals surface area (Å²) in [6, 6.07) is 26.0. The minimum absolute atomic E-state index is 0. The van der Waals surface area contributed by atoms with E-state index in [2.05, 4.69) is 5.32 Å². The van der Waals surface area contributed by atoms with E-state index >= 15 is 0 Å². The molecule has 7 heteroatoms. The number of carbonyl (C=O) groups is 2. The number of carbonyl (C=O) groups excluding carboxylic acids is 2. The predicted molar refractivity (Wildman–Crippen MR) is 139 cm³/mol. The van der Waals surface area contributed by atoms with Crippen LogP contribution in [0.25, 0.3) is 0 Å². The minimum Gasteiger partial charge on any atom is -1.00 e. The van der Waals surface area contributed by atoms with Crippen molar-refractivity contribution < 1.29 is 40.5 Å². The van der Waals surface area contributed by atoms with Gasteiger partial charge in [0.15, 0.2) is 12.1 Å². The van der Waals surface area contributed by atoms with Crippen LogP contribution in [0.15, 0.2) is 84.9 Å². The number of para-hydroxylation sites is 2. The molecule has 6 rings (SSSR count). The number of anilines is 1. The van der Waals surface area contributed by atoms with E-state index < -0.39 is 6.04 Å². The highest BCUT2D eigenvalue weighted by Gasteiger charge is 2.49. The van der Waals surface area contributed by atoms with Crippen LogP contribution in [0.2, 0.25) is 0 Å². The maximum absolute atomic E-state index is 13.6. The summed E-state index contributed by atoms with van der Waals surface area (Å²) in [6.45, 7) is 3.05. The molecule has 37 heavy (non-hydrogen) atoms. The van der Waals surface area contributed by atoms with E-state index in [-0.39, 0.29) is 34.8 Å². The molecule has 3 fully saturated rings. The molecule has 0 saturated carbocycles. The molecule has 0 aromatic heterocycles. The minimum atomic E-state index is -0.669. The summed E-state index contributed by atoms with van der Waals surface area (Å²) in [5, 5.41) is 3.35. The van der Waals surface area contributed by atoms with Crippen LogP contribution in [0.1, 0.15) is 34.8 Å². The van der Waals surface area contributed by atoms with Gasteiger partial charge in [0.25, 0.3) is 0 Å². The summed E-state index contributed by atoms with van der Waals surface area (Å²) in [5.41, 5.74) is 2.31. The van der Waals surface area contributed by atoms with Gasteiger partial charge in [0.1, 0.15) is 18.8 Å². The summed E-state index contributed by atoms with van der Waals surface area (Å²) >= 11 is 0. The molecule has 3 aliphatic heterocycles. The second-order valence-electron chi connectivity index (χ2n) is 9.92. The normalized spacial score (nSPS) is 22.8. The van der Waals surface area contributed by atoms with Gasteiger partial charge in [0.05, 0.1) is 25.9 Å². The Bertz CT molecular complexity index is 1200. The zero-order valence-electron chi connectivity index (χ0n) is 21.0. The Hall–Kier alpha value is -3.16. The van der Waals surface area contributed by atoms with Crippen molar-refractivity contribution in [1.29, 1.82) is 0 Å². The highest BCUT2D eigenvalue weighted by Crippen LogP contribution is 2.37. The van der Waals surface area contributed by atoms with Crippen molar-refractivity contribution in [2.75, 3.05) is 38.6 Å². The number of nitrogens with one attached hydrogen (secondary N) is 1. The Morgan fingerprint density at radius 2 is 1.54 bits per heavy atom. The number of ketones is 1. The van der Waals surface area contributed by atoms with E-state index in [1.54, 1.807) is 7.11 Å². The second kappa shape index (κ2) is 11.9. The predicted octanol–water partition coefficient (Wildman–Crippen LogP) is 1.89. The molecular weight excluding hydrogens is 532 g/mol. The van der Waals surface area contributed by atoms with Crippen LogP contribution >= 0.6 is 0 Å². The van der Waals surface area contributed by atoms with Gasteiger partial charge in [-0.05, 0) is 17.7 Å². The molecule has 3 aromatic rings. The number of halogens is 1. The molecule has 1 unspecified atom stereocenters. The van der Waals surface area contributed by atoms with Gasteiger partial charge >= 0.3 is 5.97 Å². The topological polar surface area (TPSA) is 64.6 Å². The molecule has 0 spiro atoms. The maximum Gasteiger partial charge on any atom is 0.333 e. The first kappa shape index (κ1) is 26.9. The number of piperidine rings is 3. The van der Waals surface area contributed by atoms with Gasteiger partial charge in [-0.15, -0.1) is 0 Å².